The van der Waals surface area contributed by atoms with Crippen LogP contribution in [0.15, 0.2) is 77.4 Å². The van der Waals surface area contributed by atoms with Crippen LogP contribution in [0.2, 0.25) is 0 Å². The molecular formula is C20H18N2O3. The van der Waals surface area contributed by atoms with Crippen molar-refractivity contribution in [2.75, 3.05) is 11.9 Å². The van der Waals surface area contributed by atoms with Gasteiger partial charge in [-0.15, -0.1) is 0 Å². The lowest BCUT2D eigenvalue weighted by Crippen LogP contribution is -2.27. The Hall–Kier alpha value is -3.34. The van der Waals surface area contributed by atoms with Crippen LogP contribution < -0.4 is 10.2 Å². The highest BCUT2D eigenvalue weighted by molar-refractivity contribution is 6.07. The van der Waals surface area contributed by atoms with Gasteiger partial charge in [-0.2, -0.15) is 0 Å². The lowest BCUT2D eigenvalue weighted by Gasteiger charge is -2.17. The first kappa shape index (κ1) is 16.5. The maximum atomic E-state index is 12.6. The number of furan rings is 1. The van der Waals surface area contributed by atoms with E-state index in [4.69, 9.17) is 4.42 Å². The molecule has 25 heavy (non-hydrogen) atoms. The SMILES string of the molecule is CN(C(=O)c1cccc(C(=O)NCc2ccco2)c1)c1ccccc1. The van der Waals surface area contributed by atoms with E-state index in [-0.39, 0.29) is 11.8 Å². The Morgan fingerprint density at radius 1 is 0.960 bits per heavy atom. The Morgan fingerprint density at radius 3 is 2.44 bits per heavy atom. The van der Waals surface area contributed by atoms with Crippen LogP contribution >= 0.6 is 0 Å². The minimum atomic E-state index is -0.256. The third-order valence-corrected chi connectivity index (χ3v) is 3.82. The first-order valence-corrected chi connectivity index (χ1v) is 7.89. The number of nitrogens with one attached hydrogen (secondary N) is 1. The number of carbonyl (C=O) groups excluding carboxylic acids is 2. The maximum absolute atomic E-state index is 12.6. The molecule has 0 saturated carbocycles. The van der Waals surface area contributed by atoms with E-state index in [9.17, 15) is 9.59 Å². The molecule has 3 rings (SSSR count). The predicted molar refractivity (Wildman–Crippen MR) is 95.5 cm³/mol. The van der Waals surface area contributed by atoms with Crippen molar-refractivity contribution in [3.8, 4) is 0 Å². The topological polar surface area (TPSA) is 62.6 Å². The van der Waals surface area contributed by atoms with Crippen molar-refractivity contribution < 1.29 is 14.0 Å². The van der Waals surface area contributed by atoms with Crippen LogP contribution in [-0.4, -0.2) is 18.9 Å². The van der Waals surface area contributed by atoms with E-state index in [1.165, 1.54) is 0 Å². The van der Waals surface area contributed by atoms with Gasteiger partial charge in [0.05, 0.1) is 12.8 Å². The normalized spacial score (nSPS) is 10.3. The molecule has 1 heterocycles. The average Bonchev–Trinajstić information content (AvgIpc) is 3.19. The zero-order valence-electron chi connectivity index (χ0n) is 13.8. The molecular weight excluding hydrogens is 316 g/mol. The summed E-state index contributed by atoms with van der Waals surface area (Å²) in [5.41, 5.74) is 1.68. The van der Waals surface area contributed by atoms with E-state index in [1.807, 2.05) is 30.3 Å². The molecule has 0 aliphatic carbocycles. The molecule has 5 heteroatoms. The van der Waals surface area contributed by atoms with Crippen LogP contribution in [0.3, 0.4) is 0 Å². The highest BCUT2D eigenvalue weighted by Gasteiger charge is 2.15. The van der Waals surface area contributed by atoms with Crippen LogP contribution in [0.5, 0.6) is 0 Å². The van der Waals surface area contributed by atoms with E-state index in [0.717, 1.165) is 5.69 Å². The molecule has 0 atom stereocenters. The van der Waals surface area contributed by atoms with Gasteiger partial charge in [-0.05, 0) is 42.5 Å². The van der Waals surface area contributed by atoms with Crippen molar-refractivity contribution in [3.05, 3.63) is 89.9 Å². The summed E-state index contributed by atoms with van der Waals surface area (Å²) in [6.45, 7) is 0.300. The standard InChI is InChI=1S/C20H18N2O3/c1-22(17-9-3-2-4-10-17)20(24)16-8-5-7-15(13-16)19(23)21-14-18-11-6-12-25-18/h2-13H,14H2,1H3,(H,21,23). The first-order valence-electron chi connectivity index (χ1n) is 7.89. The lowest BCUT2D eigenvalue weighted by molar-refractivity contribution is 0.0948. The number of nitrogens with zero attached hydrogens (tertiary/aromatic N) is 1. The van der Waals surface area contributed by atoms with Gasteiger partial charge in [0.1, 0.15) is 5.76 Å². The molecule has 0 bridgehead atoms. The summed E-state index contributed by atoms with van der Waals surface area (Å²) >= 11 is 0. The summed E-state index contributed by atoms with van der Waals surface area (Å²) < 4.78 is 5.19. The molecule has 0 aliphatic rings. The molecule has 3 aromatic rings. The number of para-hydroxylation sites is 1. The molecule has 0 saturated heterocycles. The predicted octanol–water partition coefficient (Wildman–Crippen LogP) is 3.49. The summed E-state index contributed by atoms with van der Waals surface area (Å²) in [6, 6.07) is 19.6. The van der Waals surface area contributed by atoms with Crippen LogP contribution in [0.4, 0.5) is 5.69 Å². The third-order valence-electron chi connectivity index (χ3n) is 3.82. The molecule has 2 amide bonds. The second-order valence-corrected chi connectivity index (χ2v) is 5.54. The van der Waals surface area contributed by atoms with Crippen molar-refractivity contribution in [2.24, 2.45) is 0 Å². The number of anilines is 1. The quantitative estimate of drug-likeness (QED) is 0.777. The summed E-state index contributed by atoms with van der Waals surface area (Å²) in [5.74, 6) is 0.240. The smallest absolute Gasteiger partial charge is 0.258 e. The van der Waals surface area contributed by atoms with E-state index >= 15 is 0 Å². The average molecular weight is 334 g/mol. The highest BCUT2D eigenvalue weighted by atomic mass is 16.3. The van der Waals surface area contributed by atoms with Crippen LogP contribution in [-0.2, 0) is 6.54 Å². The zero-order chi connectivity index (χ0) is 17.6. The highest BCUT2D eigenvalue weighted by Crippen LogP contribution is 2.16. The molecule has 0 aliphatic heterocycles. The van der Waals surface area contributed by atoms with Gasteiger partial charge in [-0.25, -0.2) is 0 Å². The summed E-state index contributed by atoms with van der Waals surface area (Å²) in [4.78, 5) is 26.5. The van der Waals surface area contributed by atoms with Crippen LogP contribution in [0.25, 0.3) is 0 Å². The minimum absolute atomic E-state index is 0.174. The molecule has 0 radical (unpaired) electrons. The van der Waals surface area contributed by atoms with Crippen molar-refractivity contribution >= 4 is 17.5 Å². The van der Waals surface area contributed by atoms with Crippen LogP contribution in [0, 0.1) is 0 Å². The van der Waals surface area contributed by atoms with Crippen molar-refractivity contribution in [3.63, 3.8) is 0 Å². The molecule has 1 aromatic heterocycles. The Bertz CT molecular complexity index is 858. The number of carbonyl (C=O) groups is 2. The monoisotopic (exact) mass is 334 g/mol. The first-order chi connectivity index (χ1) is 12.1. The van der Waals surface area contributed by atoms with E-state index < -0.39 is 0 Å². The van der Waals surface area contributed by atoms with E-state index in [1.54, 1.807) is 54.6 Å². The second-order valence-electron chi connectivity index (χ2n) is 5.54. The molecule has 5 nitrogen and oxygen atoms in total. The minimum Gasteiger partial charge on any atom is -0.467 e. The van der Waals surface area contributed by atoms with Gasteiger partial charge in [0, 0.05) is 23.9 Å². The zero-order valence-corrected chi connectivity index (χ0v) is 13.8. The van der Waals surface area contributed by atoms with Crippen molar-refractivity contribution in [1.82, 2.24) is 5.32 Å². The number of rotatable bonds is 5. The maximum Gasteiger partial charge on any atom is 0.258 e. The van der Waals surface area contributed by atoms with Gasteiger partial charge in [0.2, 0.25) is 0 Å². The Balaban J connectivity index is 1.72. The van der Waals surface area contributed by atoms with Gasteiger partial charge in [-0.1, -0.05) is 24.3 Å². The van der Waals surface area contributed by atoms with E-state index in [0.29, 0.717) is 23.4 Å². The molecule has 1 N–H and O–H groups in total. The van der Waals surface area contributed by atoms with Gasteiger partial charge in [-0.3, -0.25) is 9.59 Å². The summed E-state index contributed by atoms with van der Waals surface area (Å²) in [6.07, 6.45) is 1.56. The second kappa shape index (κ2) is 7.49. The summed E-state index contributed by atoms with van der Waals surface area (Å²) in [5, 5.41) is 2.77. The van der Waals surface area contributed by atoms with Crippen LogP contribution in [0.1, 0.15) is 26.5 Å². The molecule has 0 unspecified atom stereocenters. The molecule has 126 valence electrons. The fraction of sp³-hybridized carbons (Fsp3) is 0.100. The fourth-order valence-corrected chi connectivity index (χ4v) is 2.44. The largest absolute Gasteiger partial charge is 0.467 e. The Kier molecular flexibility index (Phi) is 4.95. The molecule has 0 fully saturated rings. The Morgan fingerprint density at radius 2 is 1.72 bits per heavy atom. The van der Waals surface area contributed by atoms with Gasteiger partial charge < -0.3 is 14.6 Å². The Labute approximate surface area is 145 Å². The number of benzene rings is 2. The van der Waals surface area contributed by atoms with Gasteiger partial charge in [0.15, 0.2) is 0 Å². The lowest BCUT2D eigenvalue weighted by atomic mass is 10.1. The molecule has 2 aromatic carbocycles. The third kappa shape index (κ3) is 3.95. The number of hydrogen-bond donors (Lipinski definition) is 1. The van der Waals surface area contributed by atoms with Crippen molar-refractivity contribution in [1.29, 1.82) is 0 Å². The van der Waals surface area contributed by atoms with Gasteiger partial charge >= 0.3 is 0 Å². The van der Waals surface area contributed by atoms with E-state index in [2.05, 4.69) is 5.32 Å². The fourth-order valence-electron chi connectivity index (χ4n) is 2.44. The number of amides is 2. The number of hydrogen-bond acceptors (Lipinski definition) is 3. The van der Waals surface area contributed by atoms with Crippen molar-refractivity contribution in [2.45, 2.75) is 6.54 Å². The van der Waals surface area contributed by atoms with Gasteiger partial charge in [0.25, 0.3) is 11.8 Å². The molecule has 0 spiro atoms. The summed E-state index contributed by atoms with van der Waals surface area (Å²) in [7, 11) is 1.71.